The molecule has 0 spiro atoms. The molecule has 0 saturated carbocycles. The fourth-order valence-electron chi connectivity index (χ4n) is 0.804. The zero-order valence-electron chi connectivity index (χ0n) is 6.29. The molecule has 0 aliphatic heterocycles. The van der Waals surface area contributed by atoms with Crippen molar-refractivity contribution >= 4 is 12.2 Å². The van der Waals surface area contributed by atoms with Crippen LogP contribution in [0.2, 0.25) is 0 Å². The normalized spacial score (nSPS) is 8.91. The number of aryl methyl sites for hydroxylation is 2. The van der Waals surface area contributed by atoms with Crippen molar-refractivity contribution in [2.24, 2.45) is 0 Å². The molecule has 1 N–H and O–H groups in total. The van der Waals surface area contributed by atoms with Gasteiger partial charge < -0.3 is 5.21 Å². The van der Waals surface area contributed by atoms with Crippen molar-refractivity contribution < 1.29 is 26.3 Å². The van der Waals surface area contributed by atoms with Crippen LogP contribution in [0.1, 0.15) is 11.1 Å². The van der Waals surface area contributed by atoms with Crippen LogP contribution in [-0.2, 0) is 21.1 Å². The summed E-state index contributed by atoms with van der Waals surface area (Å²) in [6, 6.07) is 1.88. The molecule has 1 rings (SSSR count). The quantitative estimate of drug-likeness (QED) is 0.444. The summed E-state index contributed by atoms with van der Waals surface area (Å²) in [5.41, 5.74) is 1.78. The van der Waals surface area contributed by atoms with Gasteiger partial charge in [-0.25, -0.2) is 0 Å². The molecule has 0 saturated heterocycles. The molecule has 11 heavy (non-hydrogen) atoms. The summed E-state index contributed by atoms with van der Waals surface area (Å²) in [5, 5.41) is 9.04. The van der Waals surface area contributed by atoms with Crippen LogP contribution in [0.15, 0.2) is 6.07 Å². The van der Waals surface area contributed by atoms with Crippen LogP contribution in [0.5, 0.6) is 0 Å². The first kappa shape index (κ1) is 10.9. The van der Waals surface area contributed by atoms with E-state index in [9.17, 15) is 0 Å². The molecule has 2 nitrogen and oxygen atoms in total. The second kappa shape index (κ2) is 4.03. The largest absolute Gasteiger partial charge is 0.451 e. The maximum absolute atomic E-state index is 9.04. The Morgan fingerprint density at radius 1 is 1.55 bits per heavy atom. The number of hydrogen-bond acceptors (Lipinski definition) is 2. The van der Waals surface area contributed by atoms with Crippen LogP contribution in [0.3, 0.4) is 0 Å². The van der Waals surface area contributed by atoms with Gasteiger partial charge >= 0.3 is 0 Å². The summed E-state index contributed by atoms with van der Waals surface area (Å²) < 4.78 is 1.27. The van der Waals surface area contributed by atoms with E-state index < -0.39 is 0 Å². The van der Waals surface area contributed by atoms with Crippen molar-refractivity contribution in [2.45, 2.75) is 13.8 Å². The average molecular weight is 338 g/mol. The molecule has 0 aliphatic rings. The summed E-state index contributed by atoms with van der Waals surface area (Å²) in [6.07, 6.45) is 2.65. The van der Waals surface area contributed by atoms with Gasteiger partial charge in [0.15, 0.2) is 0 Å². The molecule has 0 radical (unpaired) electrons. The molecular weight excluding hydrogens is 330 g/mol. The van der Waals surface area contributed by atoms with Crippen molar-refractivity contribution in [3.05, 3.63) is 28.0 Å². The van der Waals surface area contributed by atoms with Crippen LogP contribution in [0.4, 0.5) is 0 Å². The Labute approximate surface area is 85.1 Å². The van der Waals surface area contributed by atoms with E-state index in [0.29, 0.717) is 4.64 Å². The standard InChI is InChI=1S/C7H8NOS.W/c1-5-3-6(2)7(10)8(9)4-5;/h3,9H,1-2H3;/q-1;. The van der Waals surface area contributed by atoms with Crippen LogP contribution >= 0.6 is 12.2 Å². The molecule has 1 aromatic heterocycles. The average Bonchev–Trinajstić information content (AvgIpc) is 1.82. The zero-order chi connectivity index (χ0) is 7.72. The third kappa shape index (κ3) is 2.42. The smallest absolute Gasteiger partial charge is 0.0320 e. The molecule has 0 amide bonds. The Morgan fingerprint density at radius 2 is 2.09 bits per heavy atom. The van der Waals surface area contributed by atoms with E-state index in [0.717, 1.165) is 15.9 Å². The molecular formula is C7H8NOSW-. The van der Waals surface area contributed by atoms with Gasteiger partial charge in [0.25, 0.3) is 0 Å². The Bertz CT molecular complexity index is 282. The first-order chi connectivity index (χ1) is 4.61. The fraction of sp³-hybridized carbons (Fsp3) is 0.286. The number of aromatic nitrogens is 1. The van der Waals surface area contributed by atoms with Gasteiger partial charge in [-0.05, 0) is 0 Å². The molecule has 1 heterocycles. The van der Waals surface area contributed by atoms with E-state index in [1.807, 2.05) is 19.9 Å². The van der Waals surface area contributed by atoms with Gasteiger partial charge in [0, 0.05) is 25.7 Å². The van der Waals surface area contributed by atoms with Crippen LogP contribution in [0, 0.1) is 24.7 Å². The molecule has 0 fully saturated rings. The van der Waals surface area contributed by atoms with E-state index in [2.05, 4.69) is 6.20 Å². The van der Waals surface area contributed by atoms with Gasteiger partial charge in [-0.3, -0.25) is 4.73 Å². The topological polar surface area (TPSA) is 25.2 Å². The number of rotatable bonds is 0. The predicted octanol–water partition coefficient (Wildman–Crippen LogP) is 1.87. The third-order valence-electron chi connectivity index (χ3n) is 1.24. The summed E-state index contributed by atoms with van der Waals surface area (Å²) in [6.45, 7) is 3.71. The maximum atomic E-state index is 9.04. The maximum Gasteiger partial charge on any atom is 0.0320 e. The Balaban J connectivity index is 0.000001000. The first-order valence-corrected chi connectivity index (χ1v) is 3.34. The molecule has 60 valence electrons. The monoisotopic (exact) mass is 338 g/mol. The number of nitrogens with zero attached hydrogens (tertiary/aromatic N) is 1. The minimum absolute atomic E-state index is 0. The van der Waals surface area contributed by atoms with Crippen LogP contribution in [0.25, 0.3) is 0 Å². The second-order valence-corrected chi connectivity index (χ2v) is 2.63. The van der Waals surface area contributed by atoms with Gasteiger partial charge in [-0.1, -0.05) is 20.0 Å². The van der Waals surface area contributed by atoms with Gasteiger partial charge in [-0.2, -0.15) is 6.07 Å². The van der Waals surface area contributed by atoms with Crippen molar-refractivity contribution in [2.75, 3.05) is 0 Å². The van der Waals surface area contributed by atoms with E-state index >= 15 is 0 Å². The molecule has 0 unspecified atom stereocenters. The third-order valence-corrected chi connectivity index (χ3v) is 1.74. The predicted molar refractivity (Wildman–Crippen MR) is 40.8 cm³/mol. The zero-order valence-corrected chi connectivity index (χ0v) is 10.0. The van der Waals surface area contributed by atoms with Crippen LogP contribution < -0.4 is 0 Å². The van der Waals surface area contributed by atoms with Crippen molar-refractivity contribution in [3.8, 4) is 0 Å². The SMILES string of the molecule is Cc1[c-]n(O)c(=S)c(C)c1.[W]. The Morgan fingerprint density at radius 3 is 2.55 bits per heavy atom. The second-order valence-electron chi connectivity index (χ2n) is 2.24. The number of hydrogen-bond donors (Lipinski definition) is 1. The minimum Gasteiger partial charge on any atom is -0.451 e. The van der Waals surface area contributed by atoms with Gasteiger partial charge in [0.1, 0.15) is 0 Å². The molecule has 0 aromatic carbocycles. The van der Waals surface area contributed by atoms with Gasteiger partial charge in [-0.15, -0.1) is 23.3 Å². The molecule has 4 heteroatoms. The van der Waals surface area contributed by atoms with E-state index in [-0.39, 0.29) is 21.1 Å². The fourth-order valence-corrected chi connectivity index (χ4v) is 0.908. The number of pyridine rings is 1. The summed E-state index contributed by atoms with van der Waals surface area (Å²) >= 11 is 4.84. The summed E-state index contributed by atoms with van der Waals surface area (Å²) in [7, 11) is 0. The molecule has 0 aliphatic carbocycles. The van der Waals surface area contributed by atoms with Gasteiger partial charge in [0.2, 0.25) is 0 Å². The van der Waals surface area contributed by atoms with Gasteiger partial charge in [0.05, 0.1) is 0 Å². The molecule has 1 aromatic rings. The summed E-state index contributed by atoms with van der Waals surface area (Å²) in [5.74, 6) is 0. The molecule has 0 atom stereocenters. The Hall–Kier alpha value is -0.142. The van der Waals surface area contributed by atoms with E-state index in [4.69, 9.17) is 17.4 Å². The van der Waals surface area contributed by atoms with E-state index in [1.165, 1.54) is 0 Å². The Kier molecular flexibility index (Phi) is 3.98. The van der Waals surface area contributed by atoms with Crippen molar-refractivity contribution in [1.29, 1.82) is 0 Å². The van der Waals surface area contributed by atoms with Crippen LogP contribution in [-0.4, -0.2) is 9.94 Å². The van der Waals surface area contributed by atoms with Crippen molar-refractivity contribution in [1.82, 2.24) is 4.73 Å². The van der Waals surface area contributed by atoms with E-state index in [1.54, 1.807) is 0 Å². The first-order valence-electron chi connectivity index (χ1n) is 2.93. The minimum atomic E-state index is 0. The summed E-state index contributed by atoms with van der Waals surface area (Å²) in [4.78, 5) is 0. The molecule has 0 bridgehead atoms. The van der Waals surface area contributed by atoms with Crippen molar-refractivity contribution in [3.63, 3.8) is 0 Å².